The molecule has 0 spiro atoms. The molecule has 0 amide bonds. The number of fused-ring (bicyclic) bond motifs is 1. The van der Waals surface area contributed by atoms with Gasteiger partial charge in [0.15, 0.2) is 0 Å². The van der Waals surface area contributed by atoms with Crippen LogP contribution < -0.4 is 15.4 Å². The molecule has 2 aromatic rings. The fourth-order valence-corrected chi connectivity index (χ4v) is 2.66. The topological polar surface area (TPSA) is 57.6 Å². The number of H-pyrrole nitrogens is 1. The molecule has 1 aliphatic rings. The molecule has 19 heavy (non-hydrogen) atoms. The largest absolute Gasteiger partial charge is 0.312 e. The molecule has 0 bridgehead atoms. The van der Waals surface area contributed by atoms with Gasteiger partial charge >= 0.3 is 0 Å². The predicted octanol–water partition coefficient (Wildman–Crippen LogP) is 0.808. The van der Waals surface area contributed by atoms with E-state index in [1.165, 1.54) is 11.3 Å². The van der Waals surface area contributed by atoms with Crippen LogP contribution in [0.1, 0.15) is 5.56 Å². The van der Waals surface area contributed by atoms with Crippen LogP contribution in [0, 0.1) is 9.88 Å². The Hall–Kier alpha value is -2.27. The molecule has 3 rings (SSSR count). The quantitative estimate of drug-likeness (QED) is 0.756. The van der Waals surface area contributed by atoms with E-state index in [0.717, 1.165) is 20.8 Å². The lowest BCUT2D eigenvalue weighted by atomic mass is 10.1. The van der Waals surface area contributed by atoms with Crippen molar-refractivity contribution in [3.63, 3.8) is 0 Å². The second-order valence-corrected chi connectivity index (χ2v) is 5.21. The number of aromatic amines is 1. The SMILES string of the molecule is C=c1sc(=c2ccc3c(c2)C=CC(=NC)N=3)[nH]c1=O. The molecular formula is C14H11N3OS. The lowest BCUT2D eigenvalue weighted by Crippen LogP contribution is -2.16. The number of rotatable bonds is 0. The van der Waals surface area contributed by atoms with Crippen molar-refractivity contribution in [2.75, 3.05) is 7.05 Å². The highest BCUT2D eigenvalue weighted by molar-refractivity contribution is 7.07. The van der Waals surface area contributed by atoms with E-state index in [9.17, 15) is 4.79 Å². The molecule has 0 saturated heterocycles. The standard InChI is InChI=1S/C14H11N3OS/c1-8-13(18)17-14(19-8)10-3-5-11-9(7-10)4-6-12(15-2)16-11/h3-7H,1H2,2H3,(H,17,18). The maximum Gasteiger partial charge on any atom is 0.265 e. The van der Waals surface area contributed by atoms with Crippen LogP contribution in [0.5, 0.6) is 0 Å². The Kier molecular flexibility index (Phi) is 2.76. The number of nitrogens with one attached hydrogen (secondary N) is 1. The van der Waals surface area contributed by atoms with Crippen molar-refractivity contribution in [2.45, 2.75) is 0 Å². The molecule has 0 unspecified atom stereocenters. The molecule has 94 valence electrons. The molecule has 5 heteroatoms. The Morgan fingerprint density at radius 3 is 2.89 bits per heavy atom. The van der Waals surface area contributed by atoms with Crippen LogP contribution >= 0.6 is 11.3 Å². The van der Waals surface area contributed by atoms with E-state index >= 15 is 0 Å². The molecule has 0 fully saturated rings. The molecule has 4 nitrogen and oxygen atoms in total. The minimum atomic E-state index is -0.127. The molecule has 0 radical (unpaired) electrons. The van der Waals surface area contributed by atoms with Gasteiger partial charge in [-0.1, -0.05) is 6.58 Å². The van der Waals surface area contributed by atoms with E-state index < -0.39 is 0 Å². The van der Waals surface area contributed by atoms with E-state index in [4.69, 9.17) is 0 Å². The molecule has 0 aliphatic carbocycles. The average molecular weight is 269 g/mol. The van der Waals surface area contributed by atoms with Gasteiger partial charge < -0.3 is 4.98 Å². The smallest absolute Gasteiger partial charge is 0.265 e. The summed E-state index contributed by atoms with van der Waals surface area (Å²) in [4.78, 5) is 22.7. The first-order chi connectivity index (χ1) is 9.17. The number of hydrogen-bond donors (Lipinski definition) is 1. The number of thiazole rings is 1. The number of amidine groups is 1. The third-order valence-electron chi connectivity index (χ3n) is 2.87. The van der Waals surface area contributed by atoms with Crippen molar-refractivity contribution < 1.29 is 0 Å². The first-order valence-electron chi connectivity index (χ1n) is 5.73. The van der Waals surface area contributed by atoms with Crippen LogP contribution in [0.3, 0.4) is 0 Å². The Labute approximate surface area is 112 Å². The zero-order valence-electron chi connectivity index (χ0n) is 10.3. The van der Waals surface area contributed by atoms with Gasteiger partial charge in [-0.05, 0) is 30.4 Å². The van der Waals surface area contributed by atoms with Gasteiger partial charge in [0.05, 0.1) is 9.89 Å². The average Bonchev–Trinajstić information content (AvgIpc) is 2.77. The summed E-state index contributed by atoms with van der Waals surface area (Å²) in [7, 11) is 1.72. The normalized spacial score (nSPS) is 17.2. The highest BCUT2D eigenvalue weighted by atomic mass is 32.1. The van der Waals surface area contributed by atoms with E-state index in [0.29, 0.717) is 10.4 Å². The van der Waals surface area contributed by atoms with Gasteiger partial charge in [-0.15, -0.1) is 11.3 Å². The first kappa shape index (κ1) is 11.8. The van der Waals surface area contributed by atoms with Crippen molar-refractivity contribution in [3.05, 3.63) is 60.0 Å². The van der Waals surface area contributed by atoms with Gasteiger partial charge in [0.25, 0.3) is 5.56 Å². The molecule has 0 atom stereocenters. The monoisotopic (exact) mass is 269 g/mol. The minimum Gasteiger partial charge on any atom is -0.312 e. The number of hydrogen-bond acceptors (Lipinski definition) is 3. The third kappa shape index (κ3) is 2.08. The van der Waals surface area contributed by atoms with Crippen molar-refractivity contribution in [1.82, 2.24) is 4.98 Å². The van der Waals surface area contributed by atoms with Gasteiger partial charge in [0.1, 0.15) is 10.5 Å². The Morgan fingerprint density at radius 2 is 2.21 bits per heavy atom. The summed E-state index contributed by atoms with van der Waals surface area (Å²) >= 11 is 1.37. The van der Waals surface area contributed by atoms with Crippen molar-refractivity contribution in [1.29, 1.82) is 0 Å². The van der Waals surface area contributed by atoms with E-state index in [-0.39, 0.29) is 5.56 Å². The lowest BCUT2D eigenvalue weighted by Gasteiger charge is -2.02. The zero-order valence-corrected chi connectivity index (χ0v) is 11.1. The molecular weight excluding hydrogens is 258 g/mol. The maximum absolute atomic E-state index is 11.4. The third-order valence-corrected chi connectivity index (χ3v) is 3.85. The highest BCUT2D eigenvalue weighted by Gasteiger charge is 2.01. The first-order valence-corrected chi connectivity index (χ1v) is 6.55. The van der Waals surface area contributed by atoms with Gasteiger partial charge in [-0.25, -0.2) is 4.99 Å². The summed E-state index contributed by atoms with van der Waals surface area (Å²) in [5.41, 5.74) is 0.892. The summed E-state index contributed by atoms with van der Waals surface area (Å²) in [5, 5.41) is 1.85. The fraction of sp³-hybridized carbons (Fsp3) is 0.0714. The Balaban J connectivity index is 2.36. The Bertz CT molecular complexity index is 933. The van der Waals surface area contributed by atoms with Gasteiger partial charge in [0, 0.05) is 17.8 Å². The van der Waals surface area contributed by atoms with Crippen molar-refractivity contribution >= 4 is 29.8 Å². The molecule has 1 aliphatic heterocycles. The molecule has 1 N–H and O–H groups in total. The van der Waals surface area contributed by atoms with Crippen LogP contribution in [0.15, 0.2) is 39.1 Å². The maximum atomic E-state index is 11.4. The summed E-state index contributed by atoms with van der Waals surface area (Å²) in [5.74, 6) is 0.713. The lowest BCUT2D eigenvalue weighted by molar-refractivity contribution is 1.23. The summed E-state index contributed by atoms with van der Waals surface area (Å²) < 4.78 is 1.34. The number of aromatic nitrogens is 1. The van der Waals surface area contributed by atoms with E-state index in [2.05, 4.69) is 21.5 Å². The predicted molar refractivity (Wildman–Crippen MR) is 77.7 cm³/mol. The van der Waals surface area contributed by atoms with E-state index in [1.54, 1.807) is 7.05 Å². The minimum absolute atomic E-state index is 0.127. The Morgan fingerprint density at radius 1 is 1.37 bits per heavy atom. The summed E-state index contributed by atoms with van der Waals surface area (Å²) in [6, 6.07) is 5.87. The molecule has 0 saturated carbocycles. The number of aliphatic imine (C=N–C) groups is 1. The summed E-state index contributed by atoms with van der Waals surface area (Å²) in [6.07, 6.45) is 3.85. The second kappa shape index (κ2) is 4.44. The van der Waals surface area contributed by atoms with Crippen molar-refractivity contribution in [3.8, 4) is 0 Å². The molecule has 1 aromatic carbocycles. The van der Waals surface area contributed by atoms with Gasteiger partial charge in [-0.3, -0.25) is 9.79 Å². The van der Waals surface area contributed by atoms with E-state index in [1.807, 2.05) is 30.4 Å². The van der Waals surface area contributed by atoms with Crippen LogP contribution in [-0.4, -0.2) is 17.9 Å². The van der Waals surface area contributed by atoms with Crippen molar-refractivity contribution in [2.24, 2.45) is 9.98 Å². The molecule has 1 aromatic heterocycles. The van der Waals surface area contributed by atoms with Crippen LogP contribution in [-0.2, 0) is 0 Å². The van der Waals surface area contributed by atoms with Gasteiger partial charge in [0.2, 0.25) is 0 Å². The van der Waals surface area contributed by atoms with Crippen LogP contribution in [0.4, 0.5) is 0 Å². The fourth-order valence-electron chi connectivity index (χ4n) is 1.88. The summed E-state index contributed by atoms with van der Waals surface area (Å²) in [6.45, 7) is 3.70. The highest BCUT2D eigenvalue weighted by Crippen LogP contribution is 2.04. The molecule has 2 heterocycles. The number of benzene rings is 1. The van der Waals surface area contributed by atoms with Crippen LogP contribution in [0.2, 0.25) is 0 Å². The second-order valence-electron chi connectivity index (χ2n) is 4.11. The zero-order chi connectivity index (χ0) is 13.4. The number of nitrogens with zero attached hydrogens (tertiary/aromatic N) is 2. The van der Waals surface area contributed by atoms with Crippen LogP contribution in [0.25, 0.3) is 12.7 Å². The van der Waals surface area contributed by atoms with Gasteiger partial charge in [-0.2, -0.15) is 0 Å².